The predicted molar refractivity (Wildman–Crippen MR) is 80.8 cm³/mol. The van der Waals surface area contributed by atoms with Gasteiger partial charge in [-0.15, -0.1) is 0 Å². The van der Waals surface area contributed by atoms with E-state index in [0.29, 0.717) is 13.2 Å². The van der Waals surface area contributed by atoms with E-state index < -0.39 is 41.6 Å². The molecule has 136 valence electrons. The lowest BCUT2D eigenvalue weighted by Gasteiger charge is -2.45. The zero-order chi connectivity index (χ0) is 18.0. The van der Waals surface area contributed by atoms with E-state index in [4.69, 9.17) is 9.47 Å². The van der Waals surface area contributed by atoms with Gasteiger partial charge in [0.1, 0.15) is 23.7 Å². The van der Waals surface area contributed by atoms with Crippen LogP contribution in [-0.4, -0.2) is 66.9 Å². The Kier molecular flexibility index (Phi) is 4.98. The normalized spacial score (nSPS) is 23.5. The zero-order valence-electron chi connectivity index (χ0n) is 13.3. The molecule has 2 saturated heterocycles. The van der Waals surface area contributed by atoms with Crippen LogP contribution in [0.4, 0.5) is 8.78 Å². The Labute approximate surface area is 142 Å². The van der Waals surface area contributed by atoms with Crippen LogP contribution < -0.4 is 5.32 Å². The first-order valence-electron chi connectivity index (χ1n) is 7.81. The number of piperazine rings is 1. The summed E-state index contributed by atoms with van der Waals surface area (Å²) in [5, 5.41) is 12.2. The Bertz CT molecular complexity index is 656. The molecule has 0 radical (unpaired) electrons. The van der Waals surface area contributed by atoms with E-state index in [1.54, 1.807) is 0 Å². The molecule has 2 fully saturated rings. The average Bonchev–Trinajstić information content (AvgIpc) is 2.77. The van der Waals surface area contributed by atoms with Crippen LogP contribution in [0, 0.1) is 11.6 Å². The standard InChI is InChI=1S/C16H18F2N2O5/c17-11-3-10(4-12(18)5-11)13-6-19-16(8-24-1-2-25-9-16)15(23)20(13)7-14(21)22/h3-5,13,19H,1-2,6-9H2,(H,21,22). The SMILES string of the molecule is O=C(O)CN1C(=O)C2(COCCOC2)NCC1c1cc(F)cc(F)c1. The monoisotopic (exact) mass is 356 g/mol. The quantitative estimate of drug-likeness (QED) is 0.810. The summed E-state index contributed by atoms with van der Waals surface area (Å²) in [6, 6.07) is 2.09. The number of aliphatic carboxylic acids is 1. The Morgan fingerprint density at radius 1 is 1.24 bits per heavy atom. The molecule has 0 saturated carbocycles. The van der Waals surface area contributed by atoms with E-state index in [-0.39, 0.29) is 25.3 Å². The van der Waals surface area contributed by atoms with Crippen LogP contribution in [0.1, 0.15) is 11.6 Å². The lowest BCUT2D eigenvalue weighted by Crippen LogP contribution is -2.69. The molecule has 25 heavy (non-hydrogen) atoms. The van der Waals surface area contributed by atoms with Gasteiger partial charge < -0.3 is 19.5 Å². The Hall–Kier alpha value is -2.10. The minimum Gasteiger partial charge on any atom is -0.480 e. The maximum absolute atomic E-state index is 13.6. The van der Waals surface area contributed by atoms with Crippen molar-refractivity contribution >= 4 is 11.9 Å². The maximum Gasteiger partial charge on any atom is 0.323 e. The highest BCUT2D eigenvalue weighted by Gasteiger charge is 2.49. The van der Waals surface area contributed by atoms with Gasteiger partial charge in [0.25, 0.3) is 0 Å². The molecule has 2 aliphatic heterocycles. The van der Waals surface area contributed by atoms with Crippen LogP contribution in [0.5, 0.6) is 0 Å². The van der Waals surface area contributed by atoms with Gasteiger partial charge in [-0.05, 0) is 17.7 Å². The maximum atomic E-state index is 13.6. The second-order valence-corrected chi connectivity index (χ2v) is 6.11. The van der Waals surface area contributed by atoms with Gasteiger partial charge in [0.2, 0.25) is 5.91 Å². The lowest BCUT2D eigenvalue weighted by molar-refractivity contribution is -0.156. The average molecular weight is 356 g/mol. The number of carboxylic acids is 1. The third-order valence-electron chi connectivity index (χ3n) is 4.32. The van der Waals surface area contributed by atoms with E-state index in [2.05, 4.69) is 5.32 Å². The molecule has 2 heterocycles. The van der Waals surface area contributed by atoms with Gasteiger partial charge in [0.05, 0.1) is 32.5 Å². The predicted octanol–water partition coefficient (Wildman–Crippen LogP) is 0.308. The Morgan fingerprint density at radius 3 is 2.40 bits per heavy atom. The van der Waals surface area contributed by atoms with Crippen molar-refractivity contribution in [3.63, 3.8) is 0 Å². The number of ether oxygens (including phenoxy) is 2. The molecule has 1 amide bonds. The van der Waals surface area contributed by atoms with E-state index in [1.165, 1.54) is 0 Å². The van der Waals surface area contributed by atoms with Crippen molar-refractivity contribution in [2.24, 2.45) is 0 Å². The van der Waals surface area contributed by atoms with Crippen LogP contribution in [0.3, 0.4) is 0 Å². The highest BCUT2D eigenvalue weighted by molar-refractivity contribution is 5.90. The van der Waals surface area contributed by atoms with Gasteiger partial charge in [-0.2, -0.15) is 0 Å². The summed E-state index contributed by atoms with van der Waals surface area (Å²) in [6.07, 6.45) is 0. The van der Waals surface area contributed by atoms with Gasteiger partial charge in [-0.25, -0.2) is 8.78 Å². The van der Waals surface area contributed by atoms with Crippen LogP contribution in [0.15, 0.2) is 18.2 Å². The number of benzene rings is 1. The molecule has 2 aliphatic rings. The number of halogens is 2. The molecule has 1 aromatic carbocycles. The van der Waals surface area contributed by atoms with E-state index in [1.807, 2.05) is 0 Å². The largest absolute Gasteiger partial charge is 0.480 e. The third kappa shape index (κ3) is 3.63. The van der Waals surface area contributed by atoms with Crippen LogP contribution in [-0.2, 0) is 19.1 Å². The Balaban J connectivity index is 1.94. The van der Waals surface area contributed by atoms with Gasteiger partial charge in [0.15, 0.2) is 0 Å². The highest BCUT2D eigenvalue weighted by Crippen LogP contribution is 2.30. The number of hydrogen-bond donors (Lipinski definition) is 2. The first kappa shape index (κ1) is 17.7. The van der Waals surface area contributed by atoms with Crippen molar-refractivity contribution in [3.05, 3.63) is 35.4 Å². The fourth-order valence-corrected chi connectivity index (χ4v) is 3.17. The summed E-state index contributed by atoms with van der Waals surface area (Å²) in [4.78, 5) is 25.3. The minimum absolute atomic E-state index is 0.0339. The molecule has 1 aromatic rings. The number of carboxylic acid groups (broad SMARTS) is 1. The fraction of sp³-hybridized carbons (Fsp3) is 0.500. The third-order valence-corrected chi connectivity index (χ3v) is 4.32. The molecule has 0 aromatic heterocycles. The molecule has 0 aliphatic carbocycles. The molecule has 2 N–H and O–H groups in total. The number of amides is 1. The lowest BCUT2D eigenvalue weighted by atomic mass is 9.91. The molecular weight excluding hydrogens is 338 g/mol. The molecule has 1 spiro atoms. The van der Waals surface area contributed by atoms with Crippen LogP contribution in [0.25, 0.3) is 0 Å². The molecule has 1 atom stereocenters. The molecule has 9 heteroatoms. The molecular formula is C16H18F2N2O5. The number of hydrogen-bond acceptors (Lipinski definition) is 5. The van der Waals surface area contributed by atoms with Crippen molar-refractivity contribution in [1.29, 1.82) is 0 Å². The zero-order valence-corrected chi connectivity index (χ0v) is 13.3. The smallest absolute Gasteiger partial charge is 0.323 e. The van der Waals surface area contributed by atoms with Crippen molar-refractivity contribution in [3.8, 4) is 0 Å². The van der Waals surface area contributed by atoms with Gasteiger partial charge >= 0.3 is 5.97 Å². The summed E-state index contributed by atoms with van der Waals surface area (Å²) in [6.45, 7) is 0.250. The number of nitrogens with one attached hydrogen (secondary N) is 1. The van der Waals surface area contributed by atoms with E-state index >= 15 is 0 Å². The Morgan fingerprint density at radius 2 is 1.84 bits per heavy atom. The number of carbonyl (C=O) groups is 2. The molecule has 1 unspecified atom stereocenters. The number of carbonyl (C=O) groups excluding carboxylic acids is 1. The van der Waals surface area contributed by atoms with Crippen molar-refractivity contribution in [2.45, 2.75) is 11.6 Å². The van der Waals surface area contributed by atoms with Crippen LogP contribution >= 0.6 is 0 Å². The summed E-state index contributed by atoms with van der Waals surface area (Å²) < 4.78 is 37.9. The van der Waals surface area contributed by atoms with E-state index in [0.717, 1.165) is 23.1 Å². The number of rotatable bonds is 3. The summed E-state index contributed by atoms with van der Waals surface area (Å²) >= 11 is 0. The summed E-state index contributed by atoms with van der Waals surface area (Å²) in [5.74, 6) is -3.33. The second kappa shape index (κ2) is 7.03. The van der Waals surface area contributed by atoms with Crippen molar-refractivity contribution < 1.29 is 33.0 Å². The van der Waals surface area contributed by atoms with E-state index in [9.17, 15) is 23.5 Å². The fourth-order valence-electron chi connectivity index (χ4n) is 3.17. The summed E-state index contributed by atoms with van der Waals surface area (Å²) in [5.41, 5.74) is -1.01. The topological polar surface area (TPSA) is 88.1 Å². The molecule has 0 bridgehead atoms. The van der Waals surface area contributed by atoms with Gasteiger partial charge in [-0.3, -0.25) is 14.9 Å². The first-order valence-corrected chi connectivity index (χ1v) is 7.81. The van der Waals surface area contributed by atoms with Crippen LogP contribution in [0.2, 0.25) is 0 Å². The second-order valence-electron chi connectivity index (χ2n) is 6.11. The van der Waals surface area contributed by atoms with Crippen molar-refractivity contribution in [1.82, 2.24) is 10.2 Å². The molecule has 7 nitrogen and oxygen atoms in total. The van der Waals surface area contributed by atoms with Crippen molar-refractivity contribution in [2.75, 3.05) is 39.5 Å². The summed E-state index contributed by atoms with van der Waals surface area (Å²) in [7, 11) is 0. The highest BCUT2D eigenvalue weighted by atomic mass is 19.1. The van der Waals surface area contributed by atoms with Gasteiger partial charge in [0, 0.05) is 12.6 Å². The first-order chi connectivity index (χ1) is 11.9. The molecule has 3 rings (SSSR count). The number of nitrogens with zero attached hydrogens (tertiary/aromatic N) is 1. The minimum atomic E-state index is -1.22. The van der Waals surface area contributed by atoms with Gasteiger partial charge in [-0.1, -0.05) is 0 Å².